The van der Waals surface area contributed by atoms with E-state index in [9.17, 15) is 0 Å². The van der Waals surface area contributed by atoms with Gasteiger partial charge in [-0.15, -0.1) is 0 Å². The van der Waals surface area contributed by atoms with Crippen molar-refractivity contribution in [2.24, 2.45) is 5.92 Å². The number of fused-ring (bicyclic) bond motifs is 1. The molecule has 0 N–H and O–H groups in total. The maximum Gasteiger partial charge on any atom is 0.170 e. The van der Waals surface area contributed by atoms with E-state index in [0.29, 0.717) is 11.5 Å². The van der Waals surface area contributed by atoms with Gasteiger partial charge in [-0.05, 0) is 61.4 Å². The molecule has 0 radical (unpaired) electrons. The third kappa shape index (κ3) is 2.53. The summed E-state index contributed by atoms with van der Waals surface area (Å²) >= 11 is 0. The molecule has 2 bridgehead atoms. The number of likely N-dealkylation sites (tertiary alicyclic amines) is 1. The molecular weight excluding hydrogens is 314 g/mol. The lowest BCUT2D eigenvalue weighted by Gasteiger charge is -2.59. The summed E-state index contributed by atoms with van der Waals surface area (Å²) in [6.45, 7) is 3.60. The molecule has 0 spiro atoms. The van der Waals surface area contributed by atoms with Crippen LogP contribution in [0.15, 0.2) is 18.2 Å². The van der Waals surface area contributed by atoms with Gasteiger partial charge in [0.25, 0.3) is 0 Å². The van der Waals surface area contributed by atoms with Gasteiger partial charge in [-0.3, -0.25) is 4.90 Å². The SMILES string of the molecule is COc1ccc2c(c1)[C@]13CCCC[C@@H]1[C@H](C2)N(CC1OCCO1)CC3. The fraction of sp³-hybridized carbons (Fsp3) is 0.714. The van der Waals surface area contributed by atoms with E-state index in [1.165, 1.54) is 45.1 Å². The Bertz CT molecular complexity index is 642. The Morgan fingerprint density at radius 2 is 2.08 bits per heavy atom. The highest BCUT2D eigenvalue weighted by molar-refractivity contribution is 5.45. The Morgan fingerprint density at radius 3 is 2.92 bits per heavy atom. The lowest BCUT2D eigenvalue weighted by Crippen LogP contribution is -2.61. The molecule has 1 aromatic carbocycles. The largest absolute Gasteiger partial charge is 0.497 e. The van der Waals surface area contributed by atoms with Crippen LogP contribution in [-0.4, -0.2) is 50.6 Å². The maximum absolute atomic E-state index is 5.75. The number of ether oxygens (including phenoxy) is 3. The maximum atomic E-state index is 5.75. The summed E-state index contributed by atoms with van der Waals surface area (Å²) in [6.07, 6.45) is 7.87. The molecule has 3 fully saturated rings. The molecule has 4 aliphatic rings. The fourth-order valence-corrected chi connectivity index (χ4v) is 6.12. The van der Waals surface area contributed by atoms with Crippen molar-refractivity contribution in [3.8, 4) is 5.75 Å². The van der Waals surface area contributed by atoms with Gasteiger partial charge in [0.2, 0.25) is 0 Å². The number of piperidine rings is 1. The summed E-state index contributed by atoms with van der Waals surface area (Å²) in [7, 11) is 1.79. The van der Waals surface area contributed by atoms with Gasteiger partial charge >= 0.3 is 0 Å². The van der Waals surface area contributed by atoms with Crippen LogP contribution in [0.2, 0.25) is 0 Å². The molecule has 0 unspecified atom stereocenters. The van der Waals surface area contributed by atoms with Crippen LogP contribution in [0.1, 0.15) is 43.2 Å². The number of benzene rings is 1. The average Bonchev–Trinajstić information content (AvgIpc) is 3.17. The molecule has 1 aromatic rings. The molecule has 136 valence electrons. The van der Waals surface area contributed by atoms with E-state index >= 15 is 0 Å². The molecule has 3 atom stereocenters. The molecular formula is C21H29NO3. The summed E-state index contributed by atoms with van der Waals surface area (Å²) in [4.78, 5) is 2.68. The molecule has 2 aliphatic carbocycles. The number of nitrogens with zero attached hydrogens (tertiary/aromatic N) is 1. The first-order valence-corrected chi connectivity index (χ1v) is 9.95. The van der Waals surface area contributed by atoms with Crippen LogP contribution in [-0.2, 0) is 21.3 Å². The highest BCUT2D eigenvalue weighted by Gasteiger charge is 2.54. The van der Waals surface area contributed by atoms with E-state index in [2.05, 4.69) is 23.1 Å². The average molecular weight is 343 g/mol. The first kappa shape index (κ1) is 16.1. The second kappa shape index (κ2) is 6.26. The van der Waals surface area contributed by atoms with Crippen LogP contribution in [0.25, 0.3) is 0 Å². The molecule has 4 nitrogen and oxygen atoms in total. The zero-order chi connectivity index (χ0) is 16.9. The standard InChI is InChI=1S/C21H29NO3/c1-23-16-6-5-15-12-19-17-4-2-3-7-21(17,18(15)13-16)8-9-22(19)14-20-24-10-11-25-20/h5-6,13,17,19-20H,2-4,7-12,14H2,1H3/t17-,19+,21+/m1/s1. The van der Waals surface area contributed by atoms with Crippen LogP contribution in [0.3, 0.4) is 0 Å². The number of hydrogen-bond acceptors (Lipinski definition) is 4. The Labute approximate surface area is 150 Å². The van der Waals surface area contributed by atoms with E-state index in [-0.39, 0.29) is 6.29 Å². The number of rotatable bonds is 3. The number of methoxy groups -OCH3 is 1. The van der Waals surface area contributed by atoms with Gasteiger partial charge in [0, 0.05) is 18.0 Å². The minimum absolute atomic E-state index is 0.0200. The van der Waals surface area contributed by atoms with Crippen LogP contribution < -0.4 is 4.74 Å². The van der Waals surface area contributed by atoms with Crippen molar-refractivity contribution in [1.29, 1.82) is 0 Å². The van der Waals surface area contributed by atoms with Crippen LogP contribution in [0.4, 0.5) is 0 Å². The van der Waals surface area contributed by atoms with Crippen molar-refractivity contribution in [2.75, 3.05) is 33.4 Å². The predicted octanol–water partition coefficient (Wildman–Crippen LogP) is 3.13. The smallest absolute Gasteiger partial charge is 0.170 e. The first-order chi connectivity index (χ1) is 12.3. The van der Waals surface area contributed by atoms with Crippen LogP contribution in [0.5, 0.6) is 5.75 Å². The molecule has 2 aliphatic heterocycles. The molecule has 4 heteroatoms. The van der Waals surface area contributed by atoms with Gasteiger partial charge in [-0.25, -0.2) is 0 Å². The van der Waals surface area contributed by atoms with Crippen molar-refractivity contribution in [2.45, 2.75) is 56.3 Å². The molecule has 0 amide bonds. The fourth-order valence-electron chi connectivity index (χ4n) is 6.12. The van der Waals surface area contributed by atoms with Crippen molar-refractivity contribution in [3.05, 3.63) is 29.3 Å². The highest BCUT2D eigenvalue weighted by atomic mass is 16.7. The third-order valence-corrected chi connectivity index (χ3v) is 7.23. The predicted molar refractivity (Wildman–Crippen MR) is 96.0 cm³/mol. The molecule has 2 heterocycles. The molecule has 2 saturated heterocycles. The molecule has 0 aromatic heterocycles. The Morgan fingerprint density at radius 1 is 1.20 bits per heavy atom. The zero-order valence-electron chi connectivity index (χ0n) is 15.2. The monoisotopic (exact) mass is 343 g/mol. The van der Waals surface area contributed by atoms with Gasteiger partial charge in [-0.2, -0.15) is 0 Å². The summed E-state index contributed by atoms with van der Waals surface area (Å²) in [5.41, 5.74) is 3.52. The van der Waals surface area contributed by atoms with Crippen molar-refractivity contribution >= 4 is 0 Å². The first-order valence-electron chi connectivity index (χ1n) is 9.95. The summed E-state index contributed by atoms with van der Waals surface area (Å²) < 4.78 is 17.1. The third-order valence-electron chi connectivity index (χ3n) is 7.23. The van der Waals surface area contributed by atoms with Gasteiger partial charge in [0.1, 0.15) is 5.75 Å². The van der Waals surface area contributed by atoms with Gasteiger partial charge in [0.15, 0.2) is 6.29 Å². The second-order valence-corrected chi connectivity index (χ2v) is 8.22. The van der Waals surface area contributed by atoms with Crippen molar-refractivity contribution < 1.29 is 14.2 Å². The Kier molecular flexibility index (Phi) is 4.03. The Hall–Kier alpha value is -1.10. The van der Waals surface area contributed by atoms with Crippen LogP contribution in [0, 0.1) is 5.92 Å². The zero-order valence-corrected chi connectivity index (χ0v) is 15.2. The normalized spacial score (nSPS) is 35.2. The summed E-state index contributed by atoms with van der Waals surface area (Å²) in [6, 6.07) is 7.45. The topological polar surface area (TPSA) is 30.9 Å². The van der Waals surface area contributed by atoms with Gasteiger partial charge in [0.05, 0.1) is 20.3 Å². The van der Waals surface area contributed by atoms with E-state index in [1.54, 1.807) is 18.2 Å². The quantitative estimate of drug-likeness (QED) is 0.844. The minimum Gasteiger partial charge on any atom is -0.497 e. The van der Waals surface area contributed by atoms with Crippen molar-refractivity contribution in [3.63, 3.8) is 0 Å². The summed E-state index contributed by atoms with van der Waals surface area (Å²) in [5.74, 6) is 1.79. The lowest BCUT2D eigenvalue weighted by molar-refractivity contribution is -0.0951. The lowest BCUT2D eigenvalue weighted by atomic mass is 9.52. The second-order valence-electron chi connectivity index (χ2n) is 8.22. The van der Waals surface area contributed by atoms with Crippen molar-refractivity contribution in [1.82, 2.24) is 4.90 Å². The van der Waals surface area contributed by atoms with Crippen LogP contribution >= 0.6 is 0 Å². The van der Waals surface area contributed by atoms with E-state index < -0.39 is 0 Å². The highest BCUT2D eigenvalue weighted by Crippen LogP contribution is 2.56. The molecule has 5 rings (SSSR count). The van der Waals surface area contributed by atoms with E-state index in [0.717, 1.165) is 31.4 Å². The minimum atomic E-state index is -0.0200. The Balaban J connectivity index is 1.50. The molecule has 25 heavy (non-hydrogen) atoms. The number of hydrogen-bond donors (Lipinski definition) is 0. The molecule has 1 saturated carbocycles. The van der Waals surface area contributed by atoms with E-state index in [1.807, 2.05) is 0 Å². The van der Waals surface area contributed by atoms with Gasteiger partial charge in [-0.1, -0.05) is 18.9 Å². The van der Waals surface area contributed by atoms with E-state index in [4.69, 9.17) is 14.2 Å². The summed E-state index contributed by atoms with van der Waals surface area (Å²) in [5, 5.41) is 0. The van der Waals surface area contributed by atoms with Gasteiger partial charge < -0.3 is 14.2 Å².